The van der Waals surface area contributed by atoms with E-state index < -0.39 is 6.10 Å². The minimum absolute atomic E-state index is 0.0914. The third-order valence-electron chi connectivity index (χ3n) is 12.8. The van der Waals surface area contributed by atoms with E-state index in [1.807, 2.05) is 0 Å². The predicted molar refractivity (Wildman–Crippen MR) is 311 cm³/mol. The molecule has 0 aromatic carbocycles. The van der Waals surface area contributed by atoms with Crippen molar-refractivity contribution in [3.8, 4) is 0 Å². The van der Waals surface area contributed by atoms with Gasteiger partial charge in [0.2, 0.25) is 0 Å². The number of carbonyl (C=O) groups excluding carboxylic acids is 3. The number of hydrogen-bond acceptors (Lipinski definition) is 6. The Morgan fingerprint density at radius 1 is 0.292 bits per heavy atom. The van der Waals surface area contributed by atoms with Crippen molar-refractivity contribution in [3.05, 3.63) is 97.2 Å². The summed E-state index contributed by atoms with van der Waals surface area (Å²) in [6, 6.07) is 0. The summed E-state index contributed by atoms with van der Waals surface area (Å²) in [6.45, 7) is 6.39. The molecule has 6 nitrogen and oxygen atoms in total. The summed E-state index contributed by atoms with van der Waals surface area (Å²) >= 11 is 0. The molecule has 1 atom stereocenters. The summed E-state index contributed by atoms with van der Waals surface area (Å²) in [5, 5.41) is 0. The van der Waals surface area contributed by atoms with E-state index in [1.165, 1.54) is 135 Å². The molecule has 0 saturated heterocycles. The molecule has 0 aromatic rings. The highest BCUT2D eigenvalue weighted by atomic mass is 16.6. The van der Waals surface area contributed by atoms with Crippen LogP contribution in [0.2, 0.25) is 0 Å². The first-order chi connectivity index (χ1) is 35.5. The molecular formula is C66H112O6. The van der Waals surface area contributed by atoms with Gasteiger partial charge in [-0.15, -0.1) is 0 Å². The fourth-order valence-electron chi connectivity index (χ4n) is 8.37. The van der Waals surface area contributed by atoms with Gasteiger partial charge in [0.25, 0.3) is 0 Å². The van der Waals surface area contributed by atoms with Crippen LogP contribution in [-0.2, 0) is 28.6 Å². The highest BCUT2D eigenvalue weighted by Gasteiger charge is 2.19. The number of rotatable bonds is 54. The van der Waals surface area contributed by atoms with Crippen LogP contribution in [-0.4, -0.2) is 37.2 Å². The average molecular weight is 1000 g/mol. The number of ether oxygens (including phenoxy) is 3. The van der Waals surface area contributed by atoms with Gasteiger partial charge >= 0.3 is 17.9 Å². The van der Waals surface area contributed by atoms with Crippen LogP contribution < -0.4 is 0 Å². The van der Waals surface area contributed by atoms with Crippen LogP contribution in [0.15, 0.2) is 97.2 Å². The molecule has 0 aliphatic rings. The van der Waals surface area contributed by atoms with Gasteiger partial charge in [0.05, 0.1) is 0 Å². The largest absolute Gasteiger partial charge is 0.462 e. The van der Waals surface area contributed by atoms with Gasteiger partial charge in [0.15, 0.2) is 6.10 Å². The fraction of sp³-hybridized carbons (Fsp3) is 0.712. The lowest BCUT2D eigenvalue weighted by Gasteiger charge is -2.18. The molecule has 0 N–H and O–H groups in total. The number of allylic oxidation sites excluding steroid dienone is 16. The molecule has 6 heteroatoms. The van der Waals surface area contributed by atoms with Crippen molar-refractivity contribution in [2.24, 2.45) is 0 Å². The smallest absolute Gasteiger partial charge is 0.306 e. The molecule has 0 aliphatic heterocycles. The molecule has 0 aliphatic carbocycles. The van der Waals surface area contributed by atoms with Crippen LogP contribution >= 0.6 is 0 Å². The number of hydrogen-bond donors (Lipinski definition) is 0. The van der Waals surface area contributed by atoms with E-state index >= 15 is 0 Å². The molecule has 0 rings (SSSR count). The normalized spacial score (nSPS) is 12.8. The quantitative estimate of drug-likeness (QED) is 0.0261. The third kappa shape index (κ3) is 57.2. The molecular weight excluding hydrogens is 889 g/mol. The van der Waals surface area contributed by atoms with Gasteiger partial charge < -0.3 is 14.2 Å². The summed E-state index contributed by atoms with van der Waals surface area (Å²) in [5.41, 5.74) is 0. The number of unbranched alkanes of at least 4 members (excludes halogenated alkanes) is 27. The van der Waals surface area contributed by atoms with Gasteiger partial charge in [-0.3, -0.25) is 14.4 Å². The Bertz CT molecular complexity index is 1430. The van der Waals surface area contributed by atoms with Crippen LogP contribution in [0.1, 0.15) is 284 Å². The Morgan fingerprint density at radius 3 is 0.875 bits per heavy atom. The van der Waals surface area contributed by atoms with Gasteiger partial charge in [-0.25, -0.2) is 0 Å². The van der Waals surface area contributed by atoms with E-state index in [0.29, 0.717) is 19.3 Å². The maximum atomic E-state index is 12.8. The standard InChI is InChI=1S/C66H112O6/c1-4-7-10-13-16-19-22-25-27-28-29-30-31-32-33-34-35-36-37-38-40-41-44-47-50-53-56-59-65(68)71-62-63(61-70-64(67)58-55-52-49-46-43-24-21-18-15-12-9-6-3)72-66(69)60-57-54-51-48-45-42-39-26-23-20-17-14-11-8-5-2/h7-8,10-11,16-17,19-20,25-27,29-30,39,45,48,63H,4-6,9,12-15,18,21-24,28,31-38,40-44,46-47,49-62H2,1-3H3/b10-7-,11-8-,19-16-,20-17-,27-25-,30-29-,39-26-,48-45-. The maximum absolute atomic E-state index is 12.8. The molecule has 1 unspecified atom stereocenters. The van der Waals surface area contributed by atoms with Crippen molar-refractivity contribution in [1.82, 2.24) is 0 Å². The Balaban J connectivity index is 4.27. The van der Waals surface area contributed by atoms with Crippen molar-refractivity contribution in [3.63, 3.8) is 0 Å². The molecule has 0 heterocycles. The summed E-state index contributed by atoms with van der Waals surface area (Å²) < 4.78 is 16.8. The van der Waals surface area contributed by atoms with Crippen LogP contribution in [0.5, 0.6) is 0 Å². The first-order valence-electron chi connectivity index (χ1n) is 30.2. The van der Waals surface area contributed by atoms with Crippen LogP contribution in [0.3, 0.4) is 0 Å². The van der Waals surface area contributed by atoms with E-state index in [1.54, 1.807) is 0 Å². The summed E-state index contributed by atoms with van der Waals surface area (Å²) in [4.78, 5) is 38.1. The summed E-state index contributed by atoms with van der Waals surface area (Å²) in [6.07, 6.45) is 79.9. The van der Waals surface area contributed by atoms with Crippen molar-refractivity contribution < 1.29 is 28.6 Å². The minimum Gasteiger partial charge on any atom is -0.462 e. The molecule has 412 valence electrons. The monoisotopic (exact) mass is 1000 g/mol. The van der Waals surface area contributed by atoms with Crippen molar-refractivity contribution in [1.29, 1.82) is 0 Å². The lowest BCUT2D eigenvalue weighted by molar-refractivity contribution is -0.167. The molecule has 0 aromatic heterocycles. The Morgan fingerprint density at radius 2 is 0.542 bits per heavy atom. The van der Waals surface area contributed by atoms with Crippen LogP contribution in [0.25, 0.3) is 0 Å². The Hall–Kier alpha value is -3.67. The predicted octanol–water partition coefficient (Wildman–Crippen LogP) is 20.5. The van der Waals surface area contributed by atoms with Crippen LogP contribution in [0, 0.1) is 0 Å². The minimum atomic E-state index is -0.797. The second kappa shape index (κ2) is 59.9. The van der Waals surface area contributed by atoms with E-state index in [4.69, 9.17) is 14.2 Å². The van der Waals surface area contributed by atoms with E-state index in [9.17, 15) is 14.4 Å². The molecule has 0 saturated carbocycles. The number of esters is 3. The summed E-state index contributed by atoms with van der Waals surface area (Å²) in [5.74, 6) is -0.927. The second-order valence-electron chi connectivity index (χ2n) is 19.9. The topological polar surface area (TPSA) is 78.9 Å². The molecule has 0 bridgehead atoms. The van der Waals surface area contributed by atoms with Gasteiger partial charge in [-0.1, -0.05) is 266 Å². The molecule has 0 amide bonds. The third-order valence-corrected chi connectivity index (χ3v) is 12.8. The highest BCUT2D eigenvalue weighted by molar-refractivity contribution is 5.71. The Kier molecular flexibility index (Phi) is 56.8. The van der Waals surface area contributed by atoms with E-state index in [2.05, 4.69) is 118 Å². The Labute approximate surface area is 445 Å². The lowest BCUT2D eigenvalue weighted by atomic mass is 10.0. The van der Waals surface area contributed by atoms with Crippen molar-refractivity contribution in [2.45, 2.75) is 290 Å². The average Bonchev–Trinajstić information content (AvgIpc) is 3.38. The zero-order chi connectivity index (χ0) is 52.2. The molecule has 0 fully saturated rings. The highest BCUT2D eigenvalue weighted by Crippen LogP contribution is 2.16. The van der Waals surface area contributed by atoms with Gasteiger partial charge in [0.1, 0.15) is 13.2 Å². The van der Waals surface area contributed by atoms with E-state index in [-0.39, 0.29) is 37.5 Å². The molecule has 72 heavy (non-hydrogen) atoms. The van der Waals surface area contributed by atoms with Crippen LogP contribution in [0.4, 0.5) is 0 Å². The summed E-state index contributed by atoms with van der Waals surface area (Å²) in [7, 11) is 0. The maximum Gasteiger partial charge on any atom is 0.306 e. The zero-order valence-electron chi connectivity index (χ0n) is 47.2. The van der Waals surface area contributed by atoms with Gasteiger partial charge in [-0.2, -0.15) is 0 Å². The van der Waals surface area contributed by atoms with E-state index in [0.717, 1.165) is 103 Å². The zero-order valence-corrected chi connectivity index (χ0v) is 47.2. The first kappa shape index (κ1) is 68.3. The van der Waals surface area contributed by atoms with Crippen molar-refractivity contribution in [2.75, 3.05) is 13.2 Å². The number of carbonyl (C=O) groups is 3. The van der Waals surface area contributed by atoms with Crippen molar-refractivity contribution >= 4 is 17.9 Å². The second-order valence-corrected chi connectivity index (χ2v) is 19.9. The SMILES string of the molecule is CC/C=C\C/C=C\C/C=C\C/C=C\CCCCCCCCCCCCCCCCC(=O)OCC(COC(=O)CCCCCCCCCCCCCC)OC(=O)CCCC/C=C\C/C=C\C/C=C\C/C=C\CC. The first-order valence-corrected chi connectivity index (χ1v) is 30.2. The van der Waals surface area contributed by atoms with Gasteiger partial charge in [0, 0.05) is 19.3 Å². The molecule has 0 radical (unpaired) electrons. The fourth-order valence-corrected chi connectivity index (χ4v) is 8.37. The molecule has 0 spiro atoms. The lowest BCUT2D eigenvalue weighted by Crippen LogP contribution is -2.30. The van der Waals surface area contributed by atoms with Gasteiger partial charge in [-0.05, 0) is 96.3 Å².